The minimum atomic E-state index is -0.258. The zero-order valence-corrected chi connectivity index (χ0v) is 15.4. The highest BCUT2D eigenvalue weighted by Gasteiger charge is 2.29. The molecule has 1 atom stereocenters. The molecule has 1 aromatic heterocycles. The fourth-order valence-electron chi connectivity index (χ4n) is 3.49. The number of nitrogens with zero attached hydrogens (tertiary/aromatic N) is 3. The van der Waals surface area contributed by atoms with Gasteiger partial charge in [0.2, 0.25) is 5.91 Å². The lowest BCUT2D eigenvalue weighted by molar-refractivity contribution is -0.135. The summed E-state index contributed by atoms with van der Waals surface area (Å²) in [7, 11) is 0. The van der Waals surface area contributed by atoms with Gasteiger partial charge in [-0.2, -0.15) is 5.10 Å². The van der Waals surface area contributed by atoms with Gasteiger partial charge < -0.3 is 10.2 Å². The van der Waals surface area contributed by atoms with Gasteiger partial charge >= 0.3 is 0 Å². The molecule has 1 unspecified atom stereocenters. The Morgan fingerprint density at radius 2 is 1.96 bits per heavy atom. The van der Waals surface area contributed by atoms with E-state index in [0.29, 0.717) is 30.0 Å². The number of amides is 1. The number of hydrogen-bond acceptors (Lipinski definition) is 4. The molecule has 7 heteroatoms. The largest absolute Gasteiger partial charge is 0.331 e. The Morgan fingerprint density at radius 1 is 1.19 bits per heavy atom. The summed E-state index contributed by atoms with van der Waals surface area (Å²) in [5, 5.41) is 9.43. The Hall–Kier alpha value is -2.70. The quantitative estimate of drug-likeness (QED) is 0.754. The number of piperazine rings is 1. The summed E-state index contributed by atoms with van der Waals surface area (Å²) in [6.07, 6.45) is 1.62. The van der Waals surface area contributed by atoms with Crippen molar-refractivity contribution in [2.45, 2.75) is 12.6 Å². The van der Waals surface area contributed by atoms with Crippen LogP contribution in [0.2, 0.25) is 5.02 Å². The molecule has 0 aliphatic carbocycles. The van der Waals surface area contributed by atoms with E-state index in [1.54, 1.807) is 23.2 Å². The van der Waals surface area contributed by atoms with Crippen molar-refractivity contribution in [3.63, 3.8) is 0 Å². The molecule has 2 heterocycles. The summed E-state index contributed by atoms with van der Waals surface area (Å²) in [6.45, 7) is 1.78. The van der Waals surface area contributed by atoms with E-state index in [1.807, 2.05) is 36.4 Å². The Labute approximate surface area is 161 Å². The van der Waals surface area contributed by atoms with E-state index in [2.05, 4.69) is 10.4 Å². The molecule has 1 fully saturated rings. The summed E-state index contributed by atoms with van der Waals surface area (Å²) < 4.78 is 1.23. The first-order chi connectivity index (χ1) is 13.1. The summed E-state index contributed by atoms with van der Waals surface area (Å²) in [4.78, 5) is 27.4. The lowest BCUT2D eigenvalue weighted by atomic mass is 10.0. The van der Waals surface area contributed by atoms with Crippen LogP contribution in [0.25, 0.3) is 10.8 Å². The Balaban J connectivity index is 1.62. The smallest absolute Gasteiger partial charge is 0.275 e. The second kappa shape index (κ2) is 7.50. The molecule has 138 valence electrons. The standard InChI is InChI=1S/C20H19ClN4O2/c21-17-8-4-3-7-16(17)18-12-22-9-10-24(18)19(26)13-25-20(27)15-6-2-1-5-14(15)11-23-25/h1-8,11,18,22H,9-10,12-13H2. The third-order valence-electron chi connectivity index (χ3n) is 4.87. The average molecular weight is 383 g/mol. The first-order valence-electron chi connectivity index (χ1n) is 8.84. The number of carbonyl (C=O) groups excluding carboxylic acids is 1. The first kappa shape index (κ1) is 17.7. The molecule has 3 aromatic rings. The molecular weight excluding hydrogens is 364 g/mol. The zero-order chi connectivity index (χ0) is 18.8. The van der Waals surface area contributed by atoms with Crippen molar-refractivity contribution in [3.05, 3.63) is 75.7 Å². The van der Waals surface area contributed by atoms with Crippen molar-refractivity contribution >= 4 is 28.3 Å². The first-order valence-corrected chi connectivity index (χ1v) is 9.22. The number of fused-ring (bicyclic) bond motifs is 1. The Kier molecular flexibility index (Phi) is 4.92. The van der Waals surface area contributed by atoms with Gasteiger partial charge in [-0.05, 0) is 17.7 Å². The average Bonchev–Trinajstić information content (AvgIpc) is 2.71. The van der Waals surface area contributed by atoms with Crippen LogP contribution in [-0.2, 0) is 11.3 Å². The van der Waals surface area contributed by atoms with Crippen LogP contribution in [-0.4, -0.2) is 40.2 Å². The fourth-order valence-corrected chi connectivity index (χ4v) is 3.75. The van der Waals surface area contributed by atoms with Crippen molar-refractivity contribution in [1.82, 2.24) is 20.0 Å². The second-order valence-electron chi connectivity index (χ2n) is 6.52. The van der Waals surface area contributed by atoms with Crippen molar-refractivity contribution in [2.75, 3.05) is 19.6 Å². The van der Waals surface area contributed by atoms with E-state index in [9.17, 15) is 9.59 Å². The van der Waals surface area contributed by atoms with Crippen molar-refractivity contribution in [2.24, 2.45) is 0 Å². The van der Waals surface area contributed by atoms with Crippen LogP contribution in [0.4, 0.5) is 0 Å². The maximum absolute atomic E-state index is 13.0. The van der Waals surface area contributed by atoms with Crippen LogP contribution in [0, 0.1) is 0 Å². The van der Waals surface area contributed by atoms with E-state index >= 15 is 0 Å². The molecule has 0 spiro atoms. The van der Waals surface area contributed by atoms with Gasteiger partial charge in [-0.25, -0.2) is 4.68 Å². The molecule has 1 aliphatic heterocycles. The van der Waals surface area contributed by atoms with Crippen LogP contribution in [0.3, 0.4) is 0 Å². The van der Waals surface area contributed by atoms with Crippen molar-refractivity contribution in [3.8, 4) is 0 Å². The maximum Gasteiger partial charge on any atom is 0.275 e. The van der Waals surface area contributed by atoms with Gasteiger partial charge in [0.25, 0.3) is 5.56 Å². The molecular formula is C20H19ClN4O2. The predicted octanol–water partition coefficient (Wildman–Crippen LogP) is 2.22. The fraction of sp³-hybridized carbons (Fsp3) is 0.250. The second-order valence-corrected chi connectivity index (χ2v) is 6.93. The highest BCUT2D eigenvalue weighted by molar-refractivity contribution is 6.31. The van der Waals surface area contributed by atoms with Gasteiger partial charge in [0.15, 0.2) is 0 Å². The maximum atomic E-state index is 13.0. The number of nitrogens with one attached hydrogen (secondary N) is 1. The highest BCUT2D eigenvalue weighted by Crippen LogP contribution is 2.28. The van der Waals surface area contributed by atoms with Crippen LogP contribution in [0.5, 0.6) is 0 Å². The van der Waals surface area contributed by atoms with Gasteiger partial charge in [0.05, 0.1) is 17.6 Å². The number of carbonyl (C=O) groups is 1. The highest BCUT2D eigenvalue weighted by atomic mass is 35.5. The molecule has 1 saturated heterocycles. The SMILES string of the molecule is O=C(Cn1ncc2ccccc2c1=O)N1CCNCC1c1ccccc1Cl. The molecule has 4 rings (SSSR count). The topological polar surface area (TPSA) is 67.2 Å². The van der Waals surface area contributed by atoms with Gasteiger partial charge in [0.1, 0.15) is 6.54 Å². The third kappa shape index (κ3) is 3.46. The molecule has 1 aliphatic rings. The van der Waals surface area contributed by atoms with E-state index in [0.717, 1.165) is 10.9 Å². The van der Waals surface area contributed by atoms with Gasteiger partial charge in [0, 0.05) is 30.0 Å². The van der Waals surface area contributed by atoms with Crippen LogP contribution in [0.15, 0.2) is 59.5 Å². The van der Waals surface area contributed by atoms with Crippen molar-refractivity contribution in [1.29, 1.82) is 0 Å². The number of aromatic nitrogens is 2. The summed E-state index contributed by atoms with van der Waals surface area (Å²) in [5.74, 6) is -0.147. The number of hydrogen-bond donors (Lipinski definition) is 1. The van der Waals surface area contributed by atoms with Crippen LogP contribution in [0.1, 0.15) is 11.6 Å². The zero-order valence-electron chi connectivity index (χ0n) is 14.6. The van der Waals surface area contributed by atoms with Crippen molar-refractivity contribution < 1.29 is 4.79 Å². The van der Waals surface area contributed by atoms with Gasteiger partial charge in [-0.15, -0.1) is 0 Å². The minimum Gasteiger partial charge on any atom is -0.331 e. The third-order valence-corrected chi connectivity index (χ3v) is 5.22. The number of benzene rings is 2. The Bertz CT molecular complexity index is 1050. The molecule has 0 radical (unpaired) electrons. The Morgan fingerprint density at radius 3 is 2.81 bits per heavy atom. The molecule has 0 bridgehead atoms. The van der Waals surface area contributed by atoms with E-state index in [-0.39, 0.29) is 24.1 Å². The number of halogens is 1. The number of rotatable bonds is 3. The molecule has 27 heavy (non-hydrogen) atoms. The van der Waals surface area contributed by atoms with Crippen LogP contribution >= 0.6 is 11.6 Å². The lowest BCUT2D eigenvalue weighted by Crippen LogP contribution is -2.50. The molecule has 1 amide bonds. The monoisotopic (exact) mass is 382 g/mol. The van der Waals surface area contributed by atoms with Gasteiger partial charge in [-0.3, -0.25) is 9.59 Å². The predicted molar refractivity (Wildman–Crippen MR) is 105 cm³/mol. The summed E-state index contributed by atoms with van der Waals surface area (Å²) in [6, 6.07) is 14.6. The molecule has 2 aromatic carbocycles. The van der Waals surface area contributed by atoms with E-state index in [1.165, 1.54) is 4.68 Å². The normalized spacial score (nSPS) is 17.2. The molecule has 1 N–H and O–H groups in total. The van der Waals surface area contributed by atoms with Gasteiger partial charge in [-0.1, -0.05) is 48.0 Å². The molecule has 0 saturated carbocycles. The van der Waals surface area contributed by atoms with Crippen LogP contribution < -0.4 is 10.9 Å². The summed E-state index contributed by atoms with van der Waals surface area (Å²) in [5.41, 5.74) is 0.643. The van der Waals surface area contributed by atoms with E-state index < -0.39 is 0 Å². The minimum absolute atomic E-state index is 0.0926. The lowest BCUT2D eigenvalue weighted by Gasteiger charge is -2.37. The summed E-state index contributed by atoms with van der Waals surface area (Å²) >= 11 is 6.35. The van der Waals surface area contributed by atoms with E-state index in [4.69, 9.17) is 11.6 Å². The molecule has 6 nitrogen and oxygen atoms in total.